The molecule has 0 bridgehead atoms. The van der Waals surface area contributed by atoms with Gasteiger partial charge in [-0.05, 0) is 24.6 Å². The smallest absolute Gasteiger partial charge is 0.226 e. The van der Waals surface area contributed by atoms with Gasteiger partial charge in [0.1, 0.15) is 23.2 Å². The van der Waals surface area contributed by atoms with E-state index < -0.39 is 5.82 Å². The number of hydrogen-bond donors (Lipinski definition) is 2. The average Bonchev–Trinajstić information content (AvgIpc) is 3.12. The molecule has 2 aromatic heterocycles. The highest BCUT2D eigenvalue weighted by atomic mass is 35.5. The number of nitrogens with zero attached hydrogens (tertiary/aromatic N) is 5. The lowest BCUT2D eigenvalue weighted by molar-refractivity contribution is -0.119. The number of aromatic nitrogens is 4. The van der Waals surface area contributed by atoms with E-state index in [1.165, 1.54) is 25.4 Å². The lowest BCUT2D eigenvalue weighted by Crippen LogP contribution is -2.35. The van der Waals surface area contributed by atoms with Crippen LogP contribution in [-0.4, -0.2) is 45.0 Å². The molecule has 28 heavy (non-hydrogen) atoms. The summed E-state index contributed by atoms with van der Waals surface area (Å²) in [7, 11) is 0. The largest absolute Gasteiger partial charge is 0.352 e. The van der Waals surface area contributed by atoms with Crippen molar-refractivity contribution in [3.05, 3.63) is 41.6 Å². The van der Waals surface area contributed by atoms with Gasteiger partial charge in [-0.3, -0.25) is 4.79 Å². The van der Waals surface area contributed by atoms with E-state index in [9.17, 15) is 9.18 Å². The van der Waals surface area contributed by atoms with Crippen molar-refractivity contribution in [1.82, 2.24) is 25.3 Å². The summed E-state index contributed by atoms with van der Waals surface area (Å²) in [5.41, 5.74) is 1.70. The summed E-state index contributed by atoms with van der Waals surface area (Å²) in [6, 6.07) is 4.39. The standard InChI is InChI=1S/C18H17ClFN7O/c1-10(28)24-12-4-5-27(8-12)18-21-7-15-16(26-18)17(23-9-22-15)25-11-2-3-14(20)13(19)6-11/h2-3,6-7,9,12H,4-5,8H2,1H3,(H,24,28)(H,22,23,25). The minimum Gasteiger partial charge on any atom is -0.352 e. The Bertz CT molecular complexity index is 1050. The summed E-state index contributed by atoms with van der Waals surface area (Å²) in [5.74, 6) is 0.459. The summed E-state index contributed by atoms with van der Waals surface area (Å²) < 4.78 is 13.4. The predicted molar refractivity (Wildman–Crippen MR) is 104 cm³/mol. The van der Waals surface area contributed by atoms with Gasteiger partial charge in [-0.1, -0.05) is 11.6 Å². The number of carbonyl (C=O) groups excluding carboxylic acids is 1. The lowest BCUT2D eigenvalue weighted by atomic mass is 10.3. The van der Waals surface area contributed by atoms with Crippen molar-refractivity contribution in [3.8, 4) is 0 Å². The molecule has 4 rings (SSSR count). The second kappa shape index (κ2) is 7.51. The predicted octanol–water partition coefficient (Wildman–Crippen LogP) is 2.67. The van der Waals surface area contributed by atoms with Crippen LogP contribution in [0.4, 0.5) is 21.8 Å². The summed E-state index contributed by atoms with van der Waals surface area (Å²) in [5, 5.41) is 6.03. The zero-order chi connectivity index (χ0) is 19.7. The molecule has 1 atom stereocenters. The van der Waals surface area contributed by atoms with E-state index in [2.05, 4.69) is 30.6 Å². The van der Waals surface area contributed by atoms with E-state index in [0.717, 1.165) is 13.0 Å². The van der Waals surface area contributed by atoms with Crippen LogP contribution in [0.5, 0.6) is 0 Å². The lowest BCUT2D eigenvalue weighted by Gasteiger charge is -2.17. The number of carbonyl (C=O) groups is 1. The molecular weight excluding hydrogens is 385 g/mol. The zero-order valence-corrected chi connectivity index (χ0v) is 15.7. The number of benzene rings is 1. The Hall–Kier alpha value is -3.07. The van der Waals surface area contributed by atoms with Gasteiger partial charge < -0.3 is 15.5 Å². The fourth-order valence-electron chi connectivity index (χ4n) is 3.15. The molecule has 0 saturated carbocycles. The maximum atomic E-state index is 13.4. The maximum absolute atomic E-state index is 13.4. The van der Waals surface area contributed by atoms with Gasteiger partial charge >= 0.3 is 0 Å². The molecule has 1 aromatic carbocycles. The van der Waals surface area contributed by atoms with Crippen molar-refractivity contribution in [2.45, 2.75) is 19.4 Å². The number of hydrogen-bond acceptors (Lipinski definition) is 7. The van der Waals surface area contributed by atoms with Gasteiger partial charge in [-0.25, -0.2) is 24.3 Å². The summed E-state index contributed by atoms with van der Waals surface area (Å²) in [6.45, 7) is 2.88. The number of rotatable bonds is 4. The molecule has 3 heterocycles. The molecule has 1 aliphatic rings. The molecule has 0 aliphatic carbocycles. The molecular formula is C18H17ClFN7O. The van der Waals surface area contributed by atoms with Gasteiger partial charge in [0.25, 0.3) is 0 Å². The van der Waals surface area contributed by atoms with Gasteiger partial charge in [0.05, 0.1) is 11.2 Å². The molecule has 0 spiro atoms. The molecule has 1 amide bonds. The van der Waals surface area contributed by atoms with Crippen LogP contribution in [-0.2, 0) is 4.79 Å². The van der Waals surface area contributed by atoms with Crippen molar-refractivity contribution in [3.63, 3.8) is 0 Å². The fourth-order valence-corrected chi connectivity index (χ4v) is 3.33. The minimum atomic E-state index is -0.493. The van der Waals surface area contributed by atoms with Gasteiger partial charge in [0.15, 0.2) is 5.82 Å². The molecule has 1 unspecified atom stereocenters. The van der Waals surface area contributed by atoms with Gasteiger partial charge in [0.2, 0.25) is 11.9 Å². The number of amides is 1. The Morgan fingerprint density at radius 3 is 2.96 bits per heavy atom. The van der Waals surface area contributed by atoms with E-state index in [0.29, 0.717) is 35.0 Å². The first-order chi connectivity index (χ1) is 13.5. The van der Waals surface area contributed by atoms with Gasteiger partial charge in [0, 0.05) is 31.7 Å². The second-order valence-corrected chi connectivity index (χ2v) is 6.92. The number of nitrogens with one attached hydrogen (secondary N) is 2. The van der Waals surface area contributed by atoms with Crippen molar-refractivity contribution in [1.29, 1.82) is 0 Å². The molecule has 144 valence electrons. The van der Waals surface area contributed by atoms with Gasteiger partial charge in [-0.15, -0.1) is 0 Å². The molecule has 10 heteroatoms. The van der Waals surface area contributed by atoms with Crippen molar-refractivity contribution >= 4 is 46.0 Å². The maximum Gasteiger partial charge on any atom is 0.226 e. The summed E-state index contributed by atoms with van der Waals surface area (Å²) in [4.78, 5) is 30.7. The average molecular weight is 402 g/mol. The van der Waals surface area contributed by atoms with Crippen LogP contribution in [0.1, 0.15) is 13.3 Å². The van der Waals surface area contributed by atoms with Crippen LogP contribution >= 0.6 is 11.6 Å². The van der Waals surface area contributed by atoms with Crippen LogP contribution < -0.4 is 15.5 Å². The highest BCUT2D eigenvalue weighted by molar-refractivity contribution is 6.31. The van der Waals surface area contributed by atoms with Crippen LogP contribution in [0, 0.1) is 5.82 Å². The van der Waals surface area contributed by atoms with Crippen molar-refractivity contribution in [2.75, 3.05) is 23.3 Å². The first-order valence-electron chi connectivity index (χ1n) is 8.71. The topological polar surface area (TPSA) is 95.9 Å². The molecule has 3 aromatic rings. The molecule has 2 N–H and O–H groups in total. The third-order valence-corrected chi connectivity index (χ3v) is 4.72. The molecule has 0 radical (unpaired) electrons. The first-order valence-corrected chi connectivity index (χ1v) is 9.09. The molecule has 8 nitrogen and oxygen atoms in total. The number of fused-ring (bicyclic) bond motifs is 1. The van der Waals surface area contributed by atoms with Crippen LogP contribution in [0.15, 0.2) is 30.7 Å². The molecule has 1 aliphatic heterocycles. The highest BCUT2D eigenvalue weighted by Crippen LogP contribution is 2.26. The van der Waals surface area contributed by atoms with Gasteiger partial charge in [-0.2, -0.15) is 0 Å². The summed E-state index contributed by atoms with van der Waals surface area (Å²) >= 11 is 5.85. The number of anilines is 3. The number of halogens is 2. The van der Waals surface area contributed by atoms with Crippen molar-refractivity contribution in [2.24, 2.45) is 0 Å². The Balaban J connectivity index is 1.62. The highest BCUT2D eigenvalue weighted by Gasteiger charge is 2.25. The Morgan fingerprint density at radius 1 is 1.32 bits per heavy atom. The fraction of sp³-hybridized carbons (Fsp3) is 0.278. The van der Waals surface area contributed by atoms with Crippen LogP contribution in [0.25, 0.3) is 11.0 Å². The van der Waals surface area contributed by atoms with E-state index in [4.69, 9.17) is 11.6 Å². The van der Waals surface area contributed by atoms with Crippen LogP contribution in [0.3, 0.4) is 0 Å². The summed E-state index contributed by atoms with van der Waals surface area (Å²) in [6.07, 6.45) is 3.86. The Morgan fingerprint density at radius 2 is 2.18 bits per heavy atom. The first kappa shape index (κ1) is 18.3. The quantitative estimate of drug-likeness (QED) is 0.693. The van der Waals surface area contributed by atoms with E-state index in [1.807, 2.05) is 4.90 Å². The normalized spacial score (nSPS) is 16.4. The minimum absolute atomic E-state index is 0.0137. The molecule has 1 saturated heterocycles. The Kier molecular flexibility index (Phi) is 4.91. The van der Waals surface area contributed by atoms with Crippen LogP contribution in [0.2, 0.25) is 5.02 Å². The monoisotopic (exact) mass is 401 g/mol. The van der Waals surface area contributed by atoms with Crippen molar-refractivity contribution < 1.29 is 9.18 Å². The molecule has 1 fully saturated rings. The van der Waals surface area contributed by atoms with E-state index >= 15 is 0 Å². The Labute approximate surface area is 165 Å². The third-order valence-electron chi connectivity index (χ3n) is 4.43. The second-order valence-electron chi connectivity index (χ2n) is 6.51. The zero-order valence-electron chi connectivity index (χ0n) is 15.0. The SMILES string of the molecule is CC(=O)NC1CCN(c2ncc3ncnc(Nc4ccc(F)c(Cl)c4)c3n2)C1. The third kappa shape index (κ3) is 3.79. The van der Waals surface area contributed by atoms with E-state index in [1.54, 1.807) is 12.3 Å². The van der Waals surface area contributed by atoms with E-state index in [-0.39, 0.29) is 17.0 Å².